The number of benzene rings is 1. The van der Waals surface area contributed by atoms with Crippen molar-refractivity contribution in [2.75, 3.05) is 5.32 Å². The van der Waals surface area contributed by atoms with Gasteiger partial charge in [-0.05, 0) is 35.2 Å². The number of carbonyl (C=O) groups excluding carboxylic acids is 1. The quantitative estimate of drug-likeness (QED) is 0.643. The third kappa shape index (κ3) is 4.76. The first-order chi connectivity index (χ1) is 11.2. The minimum absolute atomic E-state index is 0.179. The number of aromatic nitrogens is 1. The van der Waals surface area contributed by atoms with Gasteiger partial charge in [0.25, 0.3) is 0 Å². The number of amides is 1. The van der Waals surface area contributed by atoms with Gasteiger partial charge in [-0.25, -0.2) is 4.98 Å². The van der Waals surface area contributed by atoms with Crippen molar-refractivity contribution in [2.45, 2.75) is 6.42 Å². The van der Waals surface area contributed by atoms with Crippen LogP contribution in [0.5, 0.6) is 0 Å². The van der Waals surface area contributed by atoms with Crippen molar-refractivity contribution >= 4 is 51.4 Å². The first kappa shape index (κ1) is 15.9. The first-order valence-corrected chi connectivity index (χ1v) is 8.98. The number of hydrogen-bond acceptors (Lipinski definition) is 4. The van der Waals surface area contributed by atoms with Gasteiger partial charge in [-0.15, -0.1) is 22.7 Å². The van der Waals surface area contributed by atoms with E-state index in [9.17, 15) is 4.79 Å². The molecule has 2 heterocycles. The molecule has 1 N–H and O–H groups in total. The number of nitrogens with one attached hydrogen (secondary N) is 1. The summed E-state index contributed by atoms with van der Waals surface area (Å²) in [5.74, 6) is -0.179. The number of hydrogen-bond donors (Lipinski definition) is 1. The largest absolute Gasteiger partial charge is 0.298 e. The second kappa shape index (κ2) is 7.55. The van der Waals surface area contributed by atoms with Crippen LogP contribution in [0, 0.1) is 0 Å². The summed E-state index contributed by atoms with van der Waals surface area (Å²) in [6, 6.07) is 11.6. The van der Waals surface area contributed by atoms with Crippen LogP contribution in [-0.4, -0.2) is 10.9 Å². The molecule has 0 aliphatic rings. The highest BCUT2D eigenvalue weighted by molar-refractivity contribution is 7.15. The first-order valence-electron chi connectivity index (χ1n) is 6.91. The lowest BCUT2D eigenvalue weighted by Crippen LogP contribution is -2.06. The van der Waals surface area contributed by atoms with Crippen LogP contribution >= 0.6 is 34.3 Å². The Balaban J connectivity index is 1.59. The Morgan fingerprint density at radius 1 is 1.30 bits per heavy atom. The Morgan fingerprint density at radius 2 is 2.22 bits per heavy atom. The third-order valence-corrected chi connectivity index (χ3v) is 4.98. The van der Waals surface area contributed by atoms with Gasteiger partial charge in [-0.1, -0.05) is 29.8 Å². The second-order valence-electron chi connectivity index (χ2n) is 4.78. The van der Waals surface area contributed by atoms with Gasteiger partial charge >= 0.3 is 0 Å². The van der Waals surface area contributed by atoms with Gasteiger partial charge < -0.3 is 0 Å². The average Bonchev–Trinajstić information content (AvgIpc) is 3.17. The lowest BCUT2D eigenvalue weighted by molar-refractivity contribution is -0.111. The number of thiazole rings is 1. The monoisotopic (exact) mass is 360 g/mol. The summed E-state index contributed by atoms with van der Waals surface area (Å²) in [6.45, 7) is 0. The summed E-state index contributed by atoms with van der Waals surface area (Å²) in [6.07, 6.45) is 5.84. The van der Waals surface area contributed by atoms with Gasteiger partial charge in [0.05, 0.1) is 0 Å². The van der Waals surface area contributed by atoms with Crippen molar-refractivity contribution in [3.63, 3.8) is 0 Å². The van der Waals surface area contributed by atoms with Crippen LogP contribution in [0.2, 0.25) is 5.02 Å². The predicted molar refractivity (Wildman–Crippen MR) is 98.4 cm³/mol. The molecular weight excluding hydrogens is 348 g/mol. The van der Waals surface area contributed by atoms with Gasteiger partial charge in [-0.3, -0.25) is 10.1 Å². The molecule has 0 radical (unpaired) electrons. The molecule has 0 spiro atoms. The van der Waals surface area contributed by atoms with Crippen molar-refractivity contribution in [2.24, 2.45) is 0 Å². The minimum atomic E-state index is -0.179. The maximum absolute atomic E-state index is 11.9. The van der Waals surface area contributed by atoms with E-state index in [0.29, 0.717) is 5.13 Å². The zero-order chi connectivity index (χ0) is 16.1. The Labute approximate surface area is 147 Å². The van der Waals surface area contributed by atoms with E-state index in [1.54, 1.807) is 23.6 Å². The van der Waals surface area contributed by atoms with E-state index >= 15 is 0 Å². The van der Waals surface area contributed by atoms with E-state index in [-0.39, 0.29) is 5.91 Å². The molecule has 1 aromatic carbocycles. The number of rotatable bonds is 5. The molecule has 1 amide bonds. The van der Waals surface area contributed by atoms with Crippen LogP contribution in [0.25, 0.3) is 6.08 Å². The average molecular weight is 361 g/mol. The minimum Gasteiger partial charge on any atom is -0.298 e. The lowest BCUT2D eigenvalue weighted by Gasteiger charge is -1.98. The Hall–Kier alpha value is -1.95. The van der Waals surface area contributed by atoms with E-state index < -0.39 is 0 Å². The molecule has 0 saturated carbocycles. The standard InChI is InChI=1S/C17H13ClN2OS2/c18-13-4-1-3-12(9-13)10-15-11-19-17(23-15)20-16(21)7-6-14-5-2-8-22-14/h1-9,11H,10H2,(H,19,20,21)/b7-6+. The van der Waals surface area contributed by atoms with Crippen LogP contribution in [0.15, 0.2) is 54.1 Å². The van der Waals surface area contributed by atoms with Crippen molar-refractivity contribution in [3.8, 4) is 0 Å². The van der Waals surface area contributed by atoms with Crippen molar-refractivity contribution in [1.82, 2.24) is 4.98 Å². The molecule has 3 rings (SSSR count). The van der Waals surface area contributed by atoms with Gasteiger partial charge in [0.15, 0.2) is 5.13 Å². The number of carbonyl (C=O) groups is 1. The molecule has 0 fully saturated rings. The van der Waals surface area contributed by atoms with Crippen LogP contribution in [0.4, 0.5) is 5.13 Å². The molecule has 0 unspecified atom stereocenters. The molecule has 0 aliphatic carbocycles. The summed E-state index contributed by atoms with van der Waals surface area (Å²) >= 11 is 9.04. The fourth-order valence-corrected chi connectivity index (χ4v) is 3.67. The summed E-state index contributed by atoms with van der Waals surface area (Å²) in [7, 11) is 0. The molecule has 0 bridgehead atoms. The van der Waals surface area contributed by atoms with E-state index in [1.807, 2.05) is 41.8 Å². The fourth-order valence-electron chi connectivity index (χ4n) is 1.99. The molecule has 3 aromatic rings. The van der Waals surface area contributed by atoms with Gasteiger partial charge in [0.1, 0.15) is 0 Å². The van der Waals surface area contributed by atoms with E-state index in [1.165, 1.54) is 17.4 Å². The molecular formula is C17H13ClN2OS2. The summed E-state index contributed by atoms with van der Waals surface area (Å²) in [4.78, 5) is 18.2. The highest BCUT2D eigenvalue weighted by Crippen LogP contribution is 2.22. The summed E-state index contributed by atoms with van der Waals surface area (Å²) in [5, 5.41) is 6.08. The van der Waals surface area contributed by atoms with E-state index in [2.05, 4.69) is 10.3 Å². The van der Waals surface area contributed by atoms with Crippen LogP contribution < -0.4 is 5.32 Å². The maximum atomic E-state index is 11.9. The predicted octanol–water partition coefficient (Wildman–Crippen LogP) is 5.10. The lowest BCUT2D eigenvalue weighted by atomic mass is 10.1. The summed E-state index contributed by atoms with van der Waals surface area (Å²) in [5.41, 5.74) is 1.12. The van der Waals surface area contributed by atoms with Gasteiger partial charge in [0.2, 0.25) is 5.91 Å². The zero-order valence-electron chi connectivity index (χ0n) is 12.0. The zero-order valence-corrected chi connectivity index (χ0v) is 14.4. The van der Waals surface area contributed by atoms with Gasteiger partial charge in [0, 0.05) is 33.5 Å². The number of nitrogens with zero attached hydrogens (tertiary/aromatic N) is 1. The number of thiophene rings is 1. The van der Waals surface area contributed by atoms with Crippen molar-refractivity contribution in [1.29, 1.82) is 0 Å². The summed E-state index contributed by atoms with van der Waals surface area (Å²) < 4.78 is 0. The van der Waals surface area contributed by atoms with Crippen LogP contribution in [0.3, 0.4) is 0 Å². The molecule has 0 atom stereocenters. The Kier molecular flexibility index (Phi) is 5.23. The Bertz CT molecular complexity index is 825. The molecule has 23 heavy (non-hydrogen) atoms. The topological polar surface area (TPSA) is 42.0 Å². The van der Waals surface area contributed by atoms with Crippen LogP contribution in [0.1, 0.15) is 15.3 Å². The van der Waals surface area contributed by atoms with Crippen molar-refractivity contribution in [3.05, 3.63) is 74.4 Å². The van der Waals surface area contributed by atoms with Crippen molar-refractivity contribution < 1.29 is 4.79 Å². The molecule has 3 nitrogen and oxygen atoms in total. The van der Waals surface area contributed by atoms with Crippen LogP contribution in [-0.2, 0) is 11.2 Å². The second-order valence-corrected chi connectivity index (χ2v) is 7.31. The smallest absolute Gasteiger partial charge is 0.250 e. The third-order valence-electron chi connectivity index (χ3n) is 2.99. The molecule has 2 aromatic heterocycles. The fraction of sp³-hybridized carbons (Fsp3) is 0.0588. The molecule has 0 aliphatic heterocycles. The maximum Gasteiger partial charge on any atom is 0.250 e. The molecule has 0 saturated heterocycles. The molecule has 6 heteroatoms. The van der Waals surface area contributed by atoms with E-state index in [4.69, 9.17) is 11.6 Å². The Morgan fingerprint density at radius 3 is 3.00 bits per heavy atom. The highest BCUT2D eigenvalue weighted by atomic mass is 35.5. The number of anilines is 1. The van der Waals surface area contributed by atoms with E-state index in [0.717, 1.165) is 26.8 Å². The van der Waals surface area contributed by atoms with Gasteiger partial charge in [-0.2, -0.15) is 0 Å². The SMILES string of the molecule is O=C(/C=C/c1cccs1)Nc1ncc(Cc2cccc(Cl)c2)s1. The normalized spacial score (nSPS) is 11.0. The number of halogens is 1. The highest BCUT2D eigenvalue weighted by Gasteiger charge is 2.06. The molecule has 116 valence electrons.